The lowest BCUT2D eigenvalue weighted by Gasteiger charge is -2.37. The largest absolute Gasteiger partial charge is 0.394 e. The van der Waals surface area contributed by atoms with Crippen molar-refractivity contribution < 1.29 is 5.11 Å². The summed E-state index contributed by atoms with van der Waals surface area (Å²) >= 11 is 0. The molecule has 0 aromatic rings. The summed E-state index contributed by atoms with van der Waals surface area (Å²) in [6, 6.07) is 1.90. The maximum Gasteiger partial charge on any atom is 0.0614 e. The quantitative estimate of drug-likeness (QED) is 0.814. The Morgan fingerprint density at radius 2 is 2.05 bits per heavy atom. The van der Waals surface area contributed by atoms with Crippen molar-refractivity contribution in [1.29, 1.82) is 0 Å². The van der Waals surface area contributed by atoms with E-state index >= 15 is 0 Å². The molecule has 1 saturated heterocycles. The molecule has 3 atom stereocenters. The maximum atomic E-state index is 9.88. The summed E-state index contributed by atoms with van der Waals surface area (Å²) in [5.41, 5.74) is -0.0244. The standard InChI is InChI=1S/C17H34N2O/c1-4-15-8-6-5-7-11-19(15)16-9-10-17(12-16,13-20)18-14(2)3/h14-16,18,20H,4-13H2,1-3H3. The molecular weight excluding hydrogens is 248 g/mol. The van der Waals surface area contributed by atoms with Crippen LogP contribution < -0.4 is 5.32 Å². The number of hydrogen-bond donors (Lipinski definition) is 2. The molecule has 3 unspecified atom stereocenters. The second-order valence-corrected chi connectivity index (χ2v) is 7.28. The SMILES string of the molecule is CCC1CCCCCN1C1CCC(CO)(NC(C)C)C1. The van der Waals surface area contributed by atoms with E-state index in [1.54, 1.807) is 0 Å². The topological polar surface area (TPSA) is 35.5 Å². The monoisotopic (exact) mass is 282 g/mol. The van der Waals surface area contributed by atoms with Gasteiger partial charge in [0.25, 0.3) is 0 Å². The van der Waals surface area contributed by atoms with E-state index < -0.39 is 0 Å². The van der Waals surface area contributed by atoms with Crippen molar-refractivity contribution in [2.45, 2.75) is 95.8 Å². The van der Waals surface area contributed by atoms with E-state index in [-0.39, 0.29) is 12.1 Å². The number of aliphatic hydroxyl groups excluding tert-OH is 1. The zero-order chi connectivity index (χ0) is 14.6. The summed E-state index contributed by atoms with van der Waals surface area (Å²) in [7, 11) is 0. The van der Waals surface area contributed by atoms with Crippen LogP contribution in [0.4, 0.5) is 0 Å². The van der Waals surface area contributed by atoms with E-state index in [4.69, 9.17) is 0 Å². The number of likely N-dealkylation sites (tertiary alicyclic amines) is 1. The van der Waals surface area contributed by atoms with Crippen LogP contribution in [0, 0.1) is 0 Å². The van der Waals surface area contributed by atoms with E-state index in [1.807, 2.05) is 0 Å². The Balaban J connectivity index is 2.02. The fourth-order valence-corrected chi connectivity index (χ4v) is 4.43. The van der Waals surface area contributed by atoms with Gasteiger partial charge in [-0.25, -0.2) is 0 Å². The van der Waals surface area contributed by atoms with Crippen LogP contribution in [-0.4, -0.2) is 46.8 Å². The van der Waals surface area contributed by atoms with Gasteiger partial charge in [-0.2, -0.15) is 0 Å². The molecule has 2 aliphatic rings. The molecule has 1 aliphatic heterocycles. The predicted molar refractivity (Wildman–Crippen MR) is 85.0 cm³/mol. The number of hydrogen-bond acceptors (Lipinski definition) is 3. The minimum absolute atomic E-state index is 0.0244. The van der Waals surface area contributed by atoms with Gasteiger partial charge in [-0.3, -0.25) is 4.90 Å². The summed E-state index contributed by atoms with van der Waals surface area (Å²) < 4.78 is 0. The summed E-state index contributed by atoms with van der Waals surface area (Å²) in [4.78, 5) is 2.78. The second-order valence-electron chi connectivity index (χ2n) is 7.28. The van der Waals surface area contributed by atoms with Crippen molar-refractivity contribution in [3.63, 3.8) is 0 Å². The van der Waals surface area contributed by atoms with Crippen LogP contribution in [0.5, 0.6) is 0 Å². The van der Waals surface area contributed by atoms with Crippen LogP contribution in [-0.2, 0) is 0 Å². The molecule has 1 heterocycles. The molecule has 1 saturated carbocycles. The molecule has 2 rings (SSSR count). The Bertz CT molecular complexity index is 295. The molecule has 0 radical (unpaired) electrons. The molecule has 118 valence electrons. The van der Waals surface area contributed by atoms with Crippen LogP contribution in [0.1, 0.15) is 72.1 Å². The number of aliphatic hydroxyl groups is 1. The van der Waals surface area contributed by atoms with Crippen LogP contribution in [0.3, 0.4) is 0 Å². The Hall–Kier alpha value is -0.120. The highest BCUT2D eigenvalue weighted by atomic mass is 16.3. The van der Waals surface area contributed by atoms with Gasteiger partial charge in [0.05, 0.1) is 6.61 Å². The third kappa shape index (κ3) is 3.75. The van der Waals surface area contributed by atoms with Crippen molar-refractivity contribution in [1.82, 2.24) is 10.2 Å². The molecule has 2 fully saturated rings. The molecule has 0 amide bonds. The smallest absolute Gasteiger partial charge is 0.0614 e. The fraction of sp³-hybridized carbons (Fsp3) is 1.00. The lowest BCUT2D eigenvalue weighted by molar-refractivity contribution is 0.109. The van der Waals surface area contributed by atoms with Gasteiger partial charge < -0.3 is 10.4 Å². The van der Waals surface area contributed by atoms with E-state index in [0.29, 0.717) is 12.1 Å². The molecule has 1 aliphatic carbocycles. The van der Waals surface area contributed by atoms with Crippen LogP contribution >= 0.6 is 0 Å². The van der Waals surface area contributed by atoms with Crippen molar-refractivity contribution in [3.8, 4) is 0 Å². The Kier molecular flexibility index (Phi) is 5.88. The lowest BCUT2D eigenvalue weighted by Crippen LogP contribution is -2.51. The molecule has 3 nitrogen and oxygen atoms in total. The van der Waals surface area contributed by atoms with Gasteiger partial charge in [-0.15, -0.1) is 0 Å². The summed E-state index contributed by atoms with van der Waals surface area (Å²) in [5, 5.41) is 13.5. The molecule has 3 heteroatoms. The first-order chi connectivity index (χ1) is 9.60. The Morgan fingerprint density at radius 3 is 2.70 bits per heavy atom. The molecule has 2 N–H and O–H groups in total. The summed E-state index contributed by atoms with van der Waals surface area (Å²) in [6.07, 6.45) is 10.3. The Labute approximate surface area is 125 Å². The molecule has 0 aromatic carbocycles. The van der Waals surface area contributed by atoms with Crippen molar-refractivity contribution in [3.05, 3.63) is 0 Å². The van der Waals surface area contributed by atoms with E-state index in [0.717, 1.165) is 18.9 Å². The Morgan fingerprint density at radius 1 is 1.25 bits per heavy atom. The minimum atomic E-state index is -0.0244. The first kappa shape index (κ1) is 16.3. The first-order valence-electron chi connectivity index (χ1n) is 8.74. The van der Waals surface area contributed by atoms with Crippen LogP contribution in [0.15, 0.2) is 0 Å². The number of rotatable bonds is 5. The number of nitrogens with zero attached hydrogens (tertiary/aromatic N) is 1. The van der Waals surface area contributed by atoms with Gasteiger partial charge >= 0.3 is 0 Å². The molecule has 0 aromatic heterocycles. The minimum Gasteiger partial charge on any atom is -0.394 e. The summed E-state index contributed by atoms with van der Waals surface area (Å²) in [5.74, 6) is 0. The van der Waals surface area contributed by atoms with Gasteiger partial charge in [-0.1, -0.05) is 33.6 Å². The molecular formula is C17H34N2O. The molecule has 20 heavy (non-hydrogen) atoms. The average molecular weight is 282 g/mol. The van der Waals surface area contributed by atoms with Crippen LogP contribution in [0.25, 0.3) is 0 Å². The molecule has 0 spiro atoms. The number of nitrogens with one attached hydrogen (secondary N) is 1. The highest BCUT2D eigenvalue weighted by molar-refractivity contribution is 5.01. The van der Waals surface area contributed by atoms with Gasteiger partial charge in [0, 0.05) is 23.7 Å². The van der Waals surface area contributed by atoms with Crippen molar-refractivity contribution in [2.24, 2.45) is 0 Å². The van der Waals surface area contributed by atoms with Crippen molar-refractivity contribution >= 4 is 0 Å². The average Bonchev–Trinajstić information content (AvgIpc) is 2.69. The second kappa shape index (κ2) is 7.24. The van der Waals surface area contributed by atoms with E-state index in [9.17, 15) is 5.11 Å². The zero-order valence-corrected chi connectivity index (χ0v) is 13.7. The normalized spacial score (nSPS) is 36.5. The van der Waals surface area contributed by atoms with Gasteiger partial charge in [0.15, 0.2) is 0 Å². The van der Waals surface area contributed by atoms with Gasteiger partial charge in [-0.05, 0) is 45.1 Å². The third-order valence-corrected chi connectivity index (χ3v) is 5.34. The zero-order valence-electron chi connectivity index (χ0n) is 13.7. The first-order valence-corrected chi connectivity index (χ1v) is 8.74. The van der Waals surface area contributed by atoms with E-state index in [1.165, 1.54) is 45.1 Å². The van der Waals surface area contributed by atoms with Crippen molar-refractivity contribution in [2.75, 3.05) is 13.2 Å². The van der Waals surface area contributed by atoms with E-state index in [2.05, 4.69) is 31.0 Å². The lowest BCUT2D eigenvalue weighted by atomic mass is 9.96. The van der Waals surface area contributed by atoms with Gasteiger partial charge in [0.1, 0.15) is 0 Å². The molecule has 0 bridgehead atoms. The van der Waals surface area contributed by atoms with Crippen LogP contribution in [0.2, 0.25) is 0 Å². The maximum absolute atomic E-state index is 9.88. The predicted octanol–water partition coefficient (Wildman–Crippen LogP) is 2.92. The fourth-order valence-electron chi connectivity index (χ4n) is 4.43. The third-order valence-electron chi connectivity index (χ3n) is 5.34. The highest BCUT2D eigenvalue weighted by Gasteiger charge is 2.42. The highest BCUT2D eigenvalue weighted by Crippen LogP contribution is 2.36. The van der Waals surface area contributed by atoms with Gasteiger partial charge in [0.2, 0.25) is 0 Å². The summed E-state index contributed by atoms with van der Waals surface area (Å²) in [6.45, 7) is 8.26.